The van der Waals surface area contributed by atoms with E-state index < -0.39 is 23.4 Å². The molecule has 84 valence electrons. The molecular formula is C10H8FNO4. The van der Waals surface area contributed by atoms with Crippen LogP contribution in [0.5, 0.6) is 0 Å². The molecule has 0 atom stereocenters. The number of ether oxygens (including phenoxy) is 1. The molecule has 1 aromatic rings. The molecule has 5 nitrogen and oxygen atoms in total. The maximum absolute atomic E-state index is 13.3. The lowest BCUT2D eigenvalue weighted by Crippen LogP contribution is -2.26. The standard InChI is InChI=1S/C10H8FNO4/c11-6-2-1-3-7(8(6)9(13)14)12-4-5-16-10(12)15/h1-3H,4-5H2,(H,13,14). The Hall–Kier alpha value is -2.11. The lowest BCUT2D eigenvalue weighted by molar-refractivity contribution is 0.0693. The lowest BCUT2D eigenvalue weighted by atomic mass is 10.1. The van der Waals surface area contributed by atoms with Crippen LogP contribution >= 0.6 is 0 Å². The quantitative estimate of drug-likeness (QED) is 0.827. The van der Waals surface area contributed by atoms with Gasteiger partial charge in [-0.2, -0.15) is 0 Å². The van der Waals surface area contributed by atoms with Crippen LogP contribution in [0.25, 0.3) is 0 Å². The number of rotatable bonds is 2. The van der Waals surface area contributed by atoms with Crippen LogP contribution in [0.4, 0.5) is 14.9 Å². The molecule has 16 heavy (non-hydrogen) atoms. The van der Waals surface area contributed by atoms with Gasteiger partial charge in [0.15, 0.2) is 0 Å². The fourth-order valence-corrected chi connectivity index (χ4v) is 1.56. The minimum atomic E-state index is -1.41. The predicted octanol–water partition coefficient (Wildman–Crippen LogP) is 1.48. The van der Waals surface area contributed by atoms with Crippen molar-refractivity contribution in [3.05, 3.63) is 29.6 Å². The Labute approximate surface area is 90.0 Å². The summed E-state index contributed by atoms with van der Waals surface area (Å²) in [4.78, 5) is 23.2. The largest absolute Gasteiger partial charge is 0.478 e. The van der Waals surface area contributed by atoms with Crippen molar-refractivity contribution in [1.82, 2.24) is 0 Å². The molecule has 0 aromatic heterocycles. The van der Waals surface area contributed by atoms with Gasteiger partial charge in [0.25, 0.3) is 0 Å². The maximum Gasteiger partial charge on any atom is 0.414 e. The first-order valence-corrected chi connectivity index (χ1v) is 4.57. The first kappa shape index (κ1) is 10.4. The van der Waals surface area contributed by atoms with Gasteiger partial charge < -0.3 is 9.84 Å². The number of carboxylic acids is 1. The Morgan fingerprint density at radius 1 is 1.50 bits per heavy atom. The van der Waals surface area contributed by atoms with Crippen LogP contribution in [0.2, 0.25) is 0 Å². The van der Waals surface area contributed by atoms with E-state index in [1.54, 1.807) is 0 Å². The zero-order valence-corrected chi connectivity index (χ0v) is 8.14. The first-order valence-electron chi connectivity index (χ1n) is 4.57. The Morgan fingerprint density at radius 3 is 2.81 bits per heavy atom. The fraction of sp³-hybridized carbons (Fsp3) is 0.200. The molecule has 1 aliphatic heterocycles. The number of carbonyl (C=O) groups is 2. The van der Waals surface area contributed by atoms with Gasteiger partial charge in [-0.05, 0) is 12.1 Å². The molecule has 6 heteroatoms. The summed E-state index contributed by atoms with van der Waals surface area (Å²) >= 11 is 0. The molecule has 0 aliphatic carbocycles. The van der Waals surface area contributed by atoms with Gasteiger partial charge in [0.2, 0.25) is 0 Å². The molecular weight excluding hydrogens is 217 g/mol. The molecule has 1 amide bonds. The highest BCUT2D eigenvalue weighted by atomic mass is 19.1. The van der Waals surface area contributed by atoms with Crippen LogP contribution in [-0.2, 0) is 4.74 Å². The van der Waals surface area contributed by atoms with Gasteiger partial charge in [-0.15, -0.1) is 0 Å². The highest BCUT2D eigenvalue weighted by Gasteiger charge is 2.28. The molecule has 1 aliphatic rings. The molecule has 1 saturated heterocycles. The third-order valence-electron chi connectivity index (χ3n) is 2.26. The third kappa shape index (κ3) is 1.58. The summed E-state index contributed by atoms with van der Waals surface area (Å²) in [6, 6.07) is 3.76. The summed E-state index contributed by atoms with van der Waals surface area (Å²) in [6.07, 6.45) is -0.659. The van der Waals surface area contributed by atoms with E-state index in [0.29, 0.717) is 0 Å². The topological polar surface area (TPSA) is 66.8 Å². The third-order valence-corrected chi connectivity index (χ3v) is 2.26. The average Bonchev–Trinajstić information content (AvgIpc) is 2.63. The molecule has 0 bridgehead atoms. The molecule has 0 spiro atoms. The Kier molecular flexibility index (Phi) is 2.47. The number of hydrogen-bond acceptors (Lipinski definition) is 3. The van der Waals surface area contributed by atoms with Gasteiger partial charge in [-0.25, -0.2) is 14.0 Å². The summed E-state index contributed by atoms with van der Waals surface area (Å²) in [5, 5.41) is 8.87. The fourth-order valence-electron chi connectivity index (χ4n) is 1.56. The highest BCUT2D eigenvalue weighted by Crippen LogP contribution is 2.25. The summed E-state index contributed by atoms with van der Waals surface area (Å²) in [7, 11) is 0. The summed E-state index contributed by atoms with van der Waals surface area (Å²) in [5.74, 6) is -2.28. The Morgan fingerprint density at radius 2 is 2.25 bits per heavy atom. The normalized spacial score (nSPS) is 15.1. The van der Waals surface area contributed by atoms with Crippen LogP contribution in [0.3, 0.4) is 0 Å². The molecule has 1 aromatic carbocycles. The summed E-state index contributed by atoms with van der Waals surface area (Å²) < 4.78 is 18.0. The second-order valence-corrected chi connectivity index (χ2v) is 3.21. The van der Waals surface area contributed by atoms with Crippen molar-refractivity contribution in [3.8, 4) is 0 Å². The van der Waals surface area contributed by atoms with Crippen LogP contribution < -0.4 is 4.90 Å². The molecule has 1 heterocycles. The van der Waals surface area contributed by atoms with E-state index in [0.717, 1.165) is 11.0 Å². The highest BCUT2D eigenvalue weighted by molar-refractivity contribution is 6.00. The van der Waals surface area contributed by atoms with E-state index in [4.69, 9.17) is 5.11 Å². The van der Waals surface area contributed by atoms with Gasteiger partial charge in [0.05, 0.1) is 12.2 Å². The van der Waals surface area contributed by atoms with Crippen molar-refractivity contribution < 1.29 is 23.8 Å². The van der Waals surface area contributed by atoms with Gasteiger partial charge >= 0.3 is 12.1 Å². The predicted molar refractivity (Wildman–Crippen MR) is 52.1 cm³/mol. The number of nitrogens with zero attached hydrogens (tertiary/aromatic N) is 1. The average molecular weight is 225 g/mol. The summed E-state index contributed by atoms with van der Waals surface area (Å²) in [6.45, 7) is 0.400. The van der Waals surface area contributed by atoms with Crippen LogP contribution in [0.15, 0.2) is 18.2 Å². The maximum atomic E-state index is 13.3. The number of carbonyl (C=O) groups excluding carboxylic acids is 1. The Bertz CT molecular complexity index is 460. The Balaban J connectivity index is 2.51. The monoisotopic (exact) mass is 225 g/mol. The minimum absolute atomic E-state index is 0.0231. The van der Waals surface area contributed by atoms with Crippen molar-refractivity contribution >= 4 is 17.7 Å². The van der Waals surface area contributed by atoms with E-state index in [1.165, 1.54) is 12.1 Å². The van der Waals surface area contributed by atoms with E-state index in [-0.39, 0.29) is 18.8 Å². The molecule has 0 radical (unpaired) electrons. The van der Waals surface area contributed by atoms with Crippen LogP contribution in [0, 0.1) is 5.82 Å². The molecule has 1 fully saturated rings. The molecule has 2 rings (SSSR count). The number of anilines is 1. The number of aromatic carboxylic acids is 1. The number of carboxylic acid groups (broad SMARTS) is 1. The summed E-state index contributed by atoms with van der Waals surface area (Å²) in [5.41, 5.74) is -0.489. The van der Waals surface area contributed by atoms with Crippen molar-refractivity contribution in [2.24, 2.45) is 0 Å². The zero-order chi connectivity index (χ0) is 11.7. The van der Waals surface area contributed by atoms with Crippen LogP contribution in [-0.4, -0.2) is 30.3 Å². The number of amides is 1. The van der Waals surface area contributed by atoms with Crippen molar-refractivity contribution in [2.45, 2.75) is 0 Å². The molecule has 1 N–H and O–H groups in total. The van der Waals surface area contributed by atoms with E-state index >= 15 is 0 Å². The first-order chi connectivity index (χ1) is 7.61. The van der Waals surface area contributed by atoms with Gasteiger partial charge in [0.1, 0.15) is 18.0 Å². The zero-order valence-electron chi connectivity index (χ0n) is 8.14. The van der Waals surface area contributed by atoms with E-state index in [1.807, 2.05) is 0 Å². The van der Waals surface area contributed by atoms with E-state index in [9.17, 15) is 14.0 Å². The lowest BCUT2D eigenvalue weighted by Gasteiger charge is -2.15. The van der Waals surface area contributed by atoms with Crippen molar-refractivity contribution in [2.75, 3.05) is 18.1 Å². The smallest absolute Gasteiger partial charge is 0.414 e. The minimum Gasteiger partial charge on any atom is -0.478 e. The SMILES string of the molecule is O=C(O)c1c(F)cccc1N1CCOC1=O. The molecule has 0 saturated carbocycles. The number of hydrogen-bond donors (Lipinski definition) is 1. The van der Waals surface area contributed by atoms with Gasteiger partial charge in [-0.1, -0.05) is 6.07 Å². The van der Waals surface area contributed by atoms with Gasteiger partial charge in [0, 0.05) is 0 Å². The van der Waals surface area contributed by atoms with E-state index in [2.05, 4.69) is 4.74 Å². The number of benzene rings is 1. The number of cyclic esters (lactones) is 1. The second kappa shape index (κ2) is 3.80. The van der Waals surface area contributed by atoms with Gasteiger partial charge in [-0.3, -0.25) is 4.90 Å². The number of halogens is 1. The molecule has 0 unspecified atom stereocenters. The van der Waals surface area contributed by atoms with Crippen LogP contribution in [0.1, 0.15) is 10.4 Å². The van der Waals surface area contributed by atoms with Crippen molar-refractivity contribution in [3.63, 3.8) is 0 Å². The van der Waals surface area contributed by atoms with Crippen molar-refractivity contribution in [1.29, 1.82) is 0 Å². The second-order valence-electron chi connectivity index (χ2n) is 3.21.